The van der Waals surface area contributed by atoms with Gasteiger partial charge in [-0.25, -0.2) is 19.3 Å². The molecule has 2 unspecified atom stereocenters. The Hall–Kier alpha value is -4.02. The SMILES string of the molecule is C=CCn1c(=O)c2cnc(Nc3ccc(N4CC5CC(C4)N5CC)cc3)nc2n1-c1ccc2c(n1)[C@](C)(O)C1(CC2)CC1. The normalized spacial score (nSPS) is 25.4. The number of benzene rings is 1. The van der Waals surface area contributed by atoms with Gasteiger partial charge >= 0.3 is 0 Å². The number of piperazine rings is 1. The zero-order chi connectivity index (χ0) is 29.5. The van der Waals surface area contributed by atoms with Crippen LogP contribution in [-0.4, -0.2) is 66.0 Å². The Morgan fingerprint density at radius 3 is 2.56 bits per heavy atom. The molecule has 6 heterocycles. The number of hydrogen-bond donors (Lipinski definition) is 2. The van der Waals surface area contributed by atoms with Crippen molar-refractivity contribution in [2.45, 2.75) is 70.2 Å². The van der Waals surface area contributed by atoms with E-state index in [4.69, 9.17) is 9.97 Å². The van der Waals surface area contributed by atoms with Crippen molar-refractivity contribution < 1.29 is 5.11 Å². The summed E-state index contributed by atoms with van der Waals surface area (Å²) in [6.45, 7) is 11.6. The van der Waals surface area contributed by atoms with Crippen molar-refractivity contribution in [1.29, 1.82) is 0 Å². The lowest BCUT2D eigenvalue weighted by atomic mass is 9.72. The number of rotatable bonds is 7. The molecule has 1 aromatic carbocycles. The first-order valence-corrected chi connectivity index (χ1v) is 15.5. The molecular formula is C33H38N8O2. The highest BCUT2D eigenvalue weighted by Gasteiger charge is 2.59. The topological polar surface area (TPSA) is 104 Å². The van der Waals surface area contributed by atoms with E-state index >= 15 is 0 Å². The lowest BCUT2D eigenvalue weighted by Crippen LogP contribution is -2.68. The summed E-state index contributed by atoms with van der Waals surface area (Å²) in [7, 11) is 0. The van der Waals surface area contributed by atoms with Crippen molar-refractivity contribution in [3.63, 3.8) is 0 Å². The number of aromatic nitrogens is 5. The monoisotopic (exact) mass is 578 g/mol. The Bertz CT molecular complexity index is 1790. The number of fused-ring (bicyclic) bond motifs is 4. The van der Waals surface area contributed by atoms with Gasteiger partial charge in [0, 0.05) is 48.2 Å². The van der Waals surface area contributed by atoms with E-state index in [1.807, 2.05) is 19.1 Å². The smallest absolute Gasteiger partial charge is 0.278 e. The Kier molecular flexibility index (Phi) is 5.87. The first-order valence-electron chi connectivity index (χ1n) is 15.5. The third-order valence-electron chi connectivity index (χ3n) is 10.6. The molecule has 2 bridgehead atoms. The summed E-state index contributed by atoms with van der Waals surface area (Å²) >= 11 is 0. The number of aliphatic hydroxyl groups is 1. The van der Waals surface area contributed by atoms with Crippen molar-refractivity contribution >= 4 is 28.4 Å². The minimum absolute atomic E-state index is 0.0930. The van der Waals surface area contributed by atoms with Crippen LogP contribution in [0.5, 0.6) is 0 Å². The minimum Gasteiger partial charge on any atom is -0.383 e. The maximum Gasteiger partial charge on any atom is 0.278 e. The molecule has 5 aliphatic rings. The summed E-state index contributed by atoms with van der Waals surface area (Å²) in [6.07, 6.45) is 8.47. The van der Waals surface area contributed by atoms with E-state index in [9.17, 15) is 9.90 Å². The van der Waals surface area contributed by atoms with Crippen LogP contribution in [0.3, 0.4) is 0 Å². The lowest BCUT2D eigenvalue weighted by Gasteiger charge is -2.56. The maximum absolute atomic E-state index is 13.5. The van der Waals surface area contributed by atoms with Crippen LogP contribution in [0.25, 0.3) is 16.9 Å². The van der Waals surface area contributed by atoms with Gasteiger partial charge in [0.05, 0.1) is 12.2 Å². The number of aryl methyl sites for hydroxylation is 1. The summed E-state index contributed by atoms with van der Waals surface area (Å²) in [5.41, 5.74) is 3.00. The van der Waals surface area contributed by atoms with Gasteiger partial charge in [-0.1, -0.05) is 19.1 Å². The molecule has 3 saturated heterocycles. The highest BCUT2D eigenvalue weighted by atomic mass is 16.3. The summed E-state index contributed by atoms with van der Waals surface area (Å²) in [4.78, 5) is 32.9. The molecule has 10 nitrogen and oxygen atoms in total. The van der Waals surface area contributed by atoms with Crippen LogP contribution in [0.2, 0.25) is 0 Å². The van der Waals surface area contributed by atoms with Crippen LogP contribution >= 0.6 is 0 Å². The predicted octanol–water partition coefficient (Wildman–Crippen LogP) is 4.12. The number of allylic oxidation sites excluding steroid dienone is 1. The van der Waals surface area contributed by atoms with Gasteiger partial charge in [-0.2, -0.15) is 4.98 Å². The van der Waals surface area contributed by atoms with Gasteiger partial charge in [-0.05, 0) is 81.5 Å². The number of piperidine rings is 1. The fourth-order valence-electron chi connectivity index (χ4n) is 7.88. The van der Waals surface area contributed by atoms with Crippen LogP contribution < -0.4 is 15.8 Å². The van der Waals surface area contributed by atoms with Gasteiger partial charge in [0.25, 0.3) is 5.56 Å². The van der Waals surface area contributed by atoms with Gasteiger partial charge in [0.2, 0.25) is 5.95 Å². The molecule has 0 amide bonds. The van der Waals surface area contributed by atoms with Crippen molar-refractivity contribution in [1.82, 2.24) is 29.2 Å². The van der Waals surface area contributed by atoms with E-state index in [1.54, 1.807) is 21.6 Å². The summed E-state index contributed by atoms with van der Waals surface area (Å²) in [5, 5.41) is 15.4. The van der Waals surface area contributed by atoms with Gasteiger partial charge in [-0.15, -0.1) is 6.58 Å². The fraction of sp³-hybridized carbons (Fsp3) is 0.455. The first-order chi connectivity index (χ1) is 20.8. The highest BCUT2D eigenvalue weighted by molar-refractivity contribution is 5.77. The van der Waals surface area contributed by atoms with Crippen LogP contribution in [0.4, 0.5) is 17.3 Å². The quantitative estimate of drug-likeness (QED) is 0.316. The van der Waals surface area contributed by atoms with Crippen molar-refractivity contribution in [2.75, 3.05) is 29.9 Å². The highest BCUT2D eigenvalue weighted by Crippen LogP contribution is 2.63. The molecule has 0 radical (unpaired) electrons. The third-order valence-corrected chi connectivity index (χ3v) is 10.6. The van der Waals surface area contributed by atoms with E-state index in [1.165, 1.54) is 12.1 Å². The molecular weight excluding hydrogens is 540 g/mol. The molecule has 3 aliphatic heterocycles. The van der Waals surface area contributed by atoms with Crippen molar-refractivity contribution in [3.8, 4) is 5.82 Å². The van der Waals surface area contributed by atoms with Crippen LogP contribution in [0, 0.1) is 5.41 Å². The molecule has 1 saturated carbocycles. The van der Waals surface area contributed by atoms with Crippen LogP contribution in [0.15, 0.2) is 60.0 Å². The molecule has 9 rings (SSSR count). The van der Waals surface area contributed by atoms with Crippen LogP contribution in [-0.2, 0) is 18.6 Å². The van der Waals surface area contributed by atoms with Gasteiger partial charge in [-0.3, -0.25) is 9.69 Å². The Labute approximate surface area is 250 Å². The van der Waals surface area contributed by atoms with E-state index < -0.39 is 5.60 Å². The van der Waals surface area contributed by atoms with E-state index in [0.29, 0.717) is 40.6 Å². The van der Waals surface area contributed by atoms with Crippen molar-refractivity contribution in [2.24, 2.45) is 5.41 Å². The van der Waals surface area contributed by atoms with E-state index in [0.717, 1.165) is 56.6 Å². The number of likely N-dealkylation sites (N-methyl/N-ethyl adjacent to an activating group) is 1. The zero-order valence-corrected chi connectivity index (χ0v) is 24.8. The minimum atomic E-state index is -1.01. The van der Waals surface area contributed by atoms with Crippen LogP contribution in [0.1, 0.15) is 50.8 Å². The molecule has 3 aromatic heterocycles. The van der Waals surface area contributed by atoms with Gasteiger partial charge in [0.1, 0.15) is 11.0 Å². The Morgan fingerprint density at radius 1 is 1.09 bits per heavy atom. The first kappa shape index (κ1) is 26.6. The molecule has 4 aromatic rings. The standard InChI is InChI=1S/C33H38N8O2/c1-4-16-40-30(42)26-18-34-31(35-22-7-9-23(10-8-22)38-19-24-17-25(20-38)39(24)5-2)37-29(26)41(40)27-11-6-21-12-13-33(14-15-33)32(3,43)28(21)36-27/h4,6-11,18,24-25,43H,1,5,12-17,19-20H2,2-3H3,(H,34,35,37)/t24?,25?,32-/m0/s1. The zero-order valence-electron chi connectivity index (χ0n) is 24.8. The molecule has 3 atom stereocenters. The molecule has 10 heteroatoms. The van der Waals surface area contributed by atoms with Gasteiger partial charge < -0.3 is 15.3 Å². The second-order valence-electron chi connectivity index (χ2n) is 12.9. The second kappa shape index (κ2) is 9.49. The molecule has 222 valence electrons. The summed E-state index contributed by atoms with van der Waals surface area (Å²) in [6, 6.07) is 13.7. The average molecular weight is 579 g/mol. The summed E-state index contributed by atoms with van der Waals surface area (Å²) in [5.74, 6) is 0.936. The largest absolute Gasteiger partial charge is 0.383 e. The molecule has 2 N–H and O–H groups in total. The number of anilines is 3. The summed E-state index contributed by atoms with van der Waals surface area (Å²) < 4.78 is 3.31. The lowest BCUT2D eigenvalue weighted by molar-refractivity contribution is -0.0371. The molecule has 2 aliphatic carbocycles. The number of nitrogens with one attached hydrogen (secondary N) is 1. The average Bonchev–Trinajstić information content (AvgIpc) is 3.76. The van der Waals surface area contributed by atoms with Gasteiger partial charge in [0.15, 0.2) is 11.5 Å². The molecule has 4 fully saturated rings. The molecule has 43 heavy (non-hydrogen) atoms. The van der Waals surface area contributed by atoms with Crippen molar-refractivity contribution in [3.05, 3.63) is 76.9 Å². The Balaban J connectivity index is 1.12. The Morgan fingerprint density at radius 2 is 1.86 bits per heavy atom. The number of nitrogens with zero attached hydrogens (tertiary/aromatic N) is 7. The fourth-order valence-corrected chi connectivity index (χ4v) is 7.88. The number of hydrogen-bond acceptors (Lipinski definition) is 8. The van der Waals surface area contributed by atoms with E-state index in [-0.39, 0.29) is 17.5 Å². The maximum atomic E-state index is 13.5. The predicted molar refractivity (Wildman–Crippen MR) is 167 cm³/mol. The molecule has 1 spiro atoms. The second-order valence-corrected chi connectivity index (χ2v) is 12.9. The number of pyridine rings is 1. The van der Waals surface area contributed by atoms with E-state index in [2.05, 4.69) is 57.9 Å². The third kappa shape index (κ3) is 3.99.